The van der Waals surface area contributed by atoms with E-state index in [0.29, 0.717) is 0 Å². The molecule has 0 fully saturated rings. The fourth-order valence-electron chi connectivity index (χ4n) is 1.74. The third kappa shape index (κ3) is 1.59. The lowest BCUT2D eigenvalue weighted by atomic mass is 10.1. The van der Waals surface area contributed by atoms with E-state index in [1.807, 2.05) is 0 Å². The molecule has 7 nitrogen and oxygen atoms in total. The number of nitrogens with two attached hydrogens (primary N) is 1. The van der Waals surface area contributed by atoms with E-state index in [2.05, 4.69) is 0 Å². The lowest BCUT2D eigenvalue weighted by Crippen LogP contribution is -2.04. The molecule has 8 heteroatoms. The summed E-state index contributed by atoms with van der Waals surface area (Å²) in [6.07, 6.45) is 0. The molecule has 6 N–H and O–H groups in total. The van der Waals surface area contributed by atoms with Crippen LogP contribution < -0.4 is 5.73 Å². The first-order valence-corrected chi connectivity index (χ1v) is 6.11. The minimum Gasteiger partial charge on any atom is -0.507 e. The quantitative estimate of drug-likeness (QED) is 0.223. The molecule has 0 aliphatic carbocycles. The number of nitrogen functional groups attached to an aromatic ring is 1. The van der Waals surface area contributed by atoms with E-state index in [-0.39, 0.29) is 16.5 Å². The zero-order chi connectivity index (χ0) is 13.7. The fraction of sp³-hybridized carbons (Fsp3) is 0. The molecule has 0 spiro atoms. The third-order valence-corrected chi connectivity index (χ3v) is 3.44. The molecule has 0 amide bonds. The van der Waals surface area contributed by atoms with Crippen molar-refractivity contribution in [2.24, 2.45) is 0 Å². The summed E-state index contributed by atoms with van der Waals surface area (Å²) in [7, 11) is -4.81. The molecule has 2 rings (SSSR count). The van der Waals surface area contributed by atoms with Crippen LogP contribution in [0.1, 0.15) is 0 Å². The molecule has 2 aromatic carbocycles. The minimum atomic E-state index is -4.81. The third-order valence-electron chi connectivity index (χ3n) is 2.51. The number of aromatic hydroxyl groups is 3. The summed E-state index contributed by atoms with van der Waals surface area (Å²) >= 11 is 0. The van der Waals surface area contributed by atoms with Crippen molar-refractivity contribution in [1.29, 1.82) is 0 Å². The van der Waals surface area contributed by atoms with Crippen LogP contribution in [0.15, 0.2) is 23.1 Å². The van der Waals surface area contributed by atoms with Gasteiger partial charge in [-0.15, -0.1) is 0 Å². The number of rotatable bonds is 1. The van der Waals surface area contributed by atoms with Gasteiger partial charge in [0.25, 0.3) is 10.1 Å². The van der Waals surface area contributed by atoms with Crippen molar-refractivity contribution in [3.8, 4) is 17.2 Å². The summed E-state index contributed by atoms with van der Waals surface area (Å²) in [5, 5.41) is 28.7. The van der Waals surface area contributed by atoms with Gasteiger partial charge >= 0.3 is 0 Å². The minimum absolute atomic E-state index is 0.144. The smallest absolute Gasteiger partial charge is 0.300 e. The summed E-state index contributed by atoms with van der Waals surface area (Å²) in [5.74, 6) is -1.94. The van der Waals surface area contributed by atoms with Gasteiger partial charge in [0.1, 0.15) is 11.5 Å². The summed E-state index contributed by atoms with van der Waals surface area (Å²) in [5.41, 5.74) is 4.61. The number of hydrogen-bond donors (Lipinski definition) is 5. The van der Waals surface area contributed by atoms with E-state index in [9.17, 15) is 23.7 Å². The van der Waals surface area contributed by atoms with Gasteiger partial charge in [-0.05, 0) is 6.07 Å². The lowest BCUT2D eigenvalue weighted by molar-refractivity contribution is 0.439. The molecule has 0 atom stereocenters. The van der Waals surface area contributed by atoms with E-state index in [0.717, 1.165) is 0 Å². The van der Waals surface area contributed by atoms with Crippen molar-refractivity contribution in [2.45, 2.75) is 4.90 Å². The van der Waals surface area contributed by atoms with Crippen molar-refractivity contribution in [3.05, 3.63) is 18.2 Å². The largest absolute Gasteiger partial charge is 0.507 e. The van der Waals surface area contributed by atoms with Crippen LogP contribution in [-0.2, 0) is 10.1 Å². The van der Waals surface area contributed by atoms with Crippen LogP contribution in [0, 0.1) is 0 Å². The first-order chi connectivity index (χ1) is 8.25. The maximum absolute atomic E-state index is 11.1. The van der Waals surface area contributed by atoms with E-state index in [4.69, 9.17) is 10.3 Å². The summed E-state index contributed by atoms with van der Waals surface area (Å²) in [4.78, 5) is -0.988. The highest BCUT2D eigenvalue weighted by Crippen LogP contribution is 2.46. The maximum Gasteiger partial charge on any atom is 0.300 e. The Morgan fingerprint density at radius 2 is 1.67 bits per heavy atom. The zero-order valence-corrected chi connectivity index (χ0v) is 9.64. The molecule has 0 aliphatic heterocycles. The topological polar surface area (TPSA) is 141 Å². The number of anilines is 1. The van der Waals surface area contributed by atoms with Crippen molar-refractivity contribution in [3.63, 3.8) is 0 Å². The number of fused-ring (bicyclic) bond motifs is 1. The van der Waals surface area contributed by atoms with Gasteiger partial charge in [-0.3, -0.25) is 4.55 Å². The van der Waals surface area contributed by atoms with Crippen LogP contribution in [-0.4, -0.2) is 28.3 Å². The average Bonchev–Trinajstić information content (AvgIpc) is 2.24. The highest BCUT2D eigenvalue weighted by molar-refractivity contribution is 7.86. The lowest BCUT2D eigenvalue weighted by Gasteiger charge is -2.12. The standard InChI is InChI=1S/C10H9NO6S/c11-7-9(14)6-4(2-1-3-5(6)12)8(13)10(7)18(15,16)17/h1-3,12-14H,11H2,(H,15,16,17). The molecule has 96 valence electrons. The van der Waals surface area contributed by atoms with Crippen LogP contribution in [0.5, 0.6) is 17.2 Å². The van der Waals surface area contributed by atoms with Gasteiger partial charge in [0.2, 0.25) is 0 Å². The van der Waals surface area contributed by atoms with Gasteiger partial charge in [0, 0.05) is 5.39 Å². The monoisotopic (exact) mass is 271 g/mol. The SMILES string of the molecule is Nc1c(S(=O)(=O)O)c(O)c2cccc(O)c2c1O. The van der Waals surface area contributed by atoms with Gasteiger partial charge in [-0.1, -0.05) is 12.1 Å². The predicted octanol–water partition coefficient (Wildman–Crippen LogP) is 0.786. The molecule has 0 aromatic heterocycles. The van der Waals surface area contributed by atoms with Crippen molar-refractivity contribution >= 4 is 26.6 Å². The van der Waals surface area contributed by atoms with Crippen LogP contribution in [0.4, 0.5) is 5.69 Å². The predicted molar refractivity (Wildman–Crippen MR) is 63.2 cm³/mol. The fourth-order valence-corrected chi connectivity index (χ4v) is 2.47. The molecular weight excluding hydrogens is 262 g/mol. The van der Waals surface area contributed by atoms with E-state index in [1.165, 1.54) is 18.2 Å². The molecule has 0 saturated heterocycles. The molecule has 0 radical (unpaired) electrons. The summed E-state index contributed by atoms with van der Waals surface area (Å²) < 4.78 is 31.2. The zero-order valence-electron chi connectivity index (χ0n) is 8.82. The van der Waals surface area contributed by atoms with Crippen LogP contribution >= 0.6 is 0 Å². The highest BCUT2D eigenvalue weighted by Gasteiger charge is 2.26. The Morgan fingerprint density at radius 3 is 2.22 bits per heavy atom. The Balaban J connectivity index is 3.12. The van der Waals surface area contributed by atoms with Crippen molar-refractivity contribution < 1.29 is 28.3 Å². The molecule has 0 heterocycles. The molecule has 18 heavy (non-hydrogen) atoms. The van der Waals surface area contributed by atoms with Crippen LogP contribution in [0.3, 0.4) is 0 Å². The second-order valence-corrected chi connectivity index (χ2v) is 4.97. The molecule has 0 bridgehead atoms. The number of benzene rings is 2. The normalized spacial score (nSPS) is 11.8. The van der Waals surface area contributed by atoms with E-state index in [1.54, 1.807) is 0 Å². The second kappa shape index (κ2) is 3.65. The van der Waals surface area contributed by atoms with Crippen LogP contribution in [0.25, 0.3) is 10.8 Å². The van der Waals surface area contributed by atoms with E-state index >= 15 is 0 Å². The molecular formula is C10H9NO6S. The first-order valence-electron chi connectivity index (χ1n) is 4.67. The van der Waals surface area contributed by atoms with Crippen molar-refractivity contribution in [1.82, 2.24) is 0 Å². The molecule has 0 saturated carbocycles. The molecule has 0 unspecified atom stereocenters. The first kappa shape index (κ1) is 12.3. The molecule has 0 aliphatic rings. The highest BCUT2D eigenvalue weighted by atomic mass is 32.2. The number of phenolic OH excluding ortho intramolecular Hbond substituents is 3. The van der Waals surface area contributed by atoms with Gasteiger partial charge < -0.3 is 21.1 Å². The van der Waals surface area contributed by atoms with E-state index < -0.39 is 32.2 Å². The van der Waals surface area contributed by atoms with Gasteiger partial charge in [-0.2, -0.15) is 8.42 Å². The Labute approximate surface area is 101 Å². The van der Waals surface area contributed by atoms with Gasteiger partial charge in [-0.25, -0.2) is 0 Å². The number of phenols is 3. The molecule has 2 aromatic rings. The Kier molecular flexibility index (Phi) is 2.49. The van der Waals surface area contributed by atoms with Gasteiger partial charge in [0.15, 0.2) is 10.6 Å². The second-order valence-electron chi connectivity index (χ2n) is 3.61. The number of hydrogen-bond acceptors (Lipinski definition) is 6. The van der Waals surface area contributed by atoms with Gasteiger partial charge in [0.05, 0.1) is 11.1 Å². The average molecular weight is 271 g/mol. The summed E-state index contributed by atoms with van der Waals surface area (Å²) in [6, 6.07) is 3.83. The Bertz CT molecular complexity index is 753. The van der Waals surface area contributed by atoms with Crippen LogP contribution in [0.2, 0.25) is 0 Å². The maximum atomic E-state index is 11.1. The Morgan fingerprint density at radius 1 is 1.06 bits per heavy atom. The Hall–Kier alpha value is -2.19. The summed E-state index contributed by atoms with van der Waals surface area (Å²) in [6.45, 7) is 0. The van der Waals surface area contributed by atoms with Crippen molar-refractivity contribution in [2.75, 3.05) is 5.73 Å².